The van der Waals surface area contributed by atoms with Gasteiger partial charge in [-0.15, -0.1) is 0 Å². The van der Waals surface area contributed by atoms with Gasteiger partial charge in [0.15, 0.2) is 0 Å². The minimum Gasteiger partial charge on any atom is -0.494 e. The van der Waals surface area contributed by atoms with Crippen LogP contribution in [0.5, 0.6) is 5.75 Å². The SMILES string of the molecule is COC(=O)C(N)Cc1ccc(OCCCN=[N+]=[N-])cc1. The molecule has 1 atom stereocenters. The Labute approximate surface area is 117 Å². The number of carbonyl (C=O) groups is 1. The van der Waals surface area contributed by atoms with E-state index in [2.05, 4.69) is 14.8 Å². The van der Waals surface area contributed by atoms with E-state index < -0.39 is 12.0 Å². The van der Waals surface area contributed by atoms with Crippen molar-refractivity contribution in [1.82, 2.24) is 0 Å². The Morgan fingerprint density at radius 3 is 2.75 bits per heavy atom. The normalized spacial score (nSPS) is 11.3. The van der Waals surface area contributed by atoms with Gasteiger partial charge in [-0.25, -0.2) is 0 Å². The maximum absolute atomic E-state index is 11.2. The number of methoxy groups -OCH3 is 1. The van der Waals surface area contributed by atoms with Crippen LogP contribution >= 0.6 is 0 Å². The molecule has 108 valence electrons. The van der Waals surface area contributed by atoms with Crippen LogP contribution in [0.3, 0.4) is 0 Å². The number of hydrogen-bond donors (Lipinski definition) is 1. The van der Waals surface area contributed by atoms with E-state index in [-0.39, 0.29) is 0 Å². The second-order valence-corrected chi connectivity index (χ2v) is 4.13. The molecule has 1 aromatic carbocycles. The lowest BCUT2D eigenvalue weighted by molar-refractivity contribution is -0.142. The van der Waals surface area contributed by atoms with Crippen molar-refractivity contribution in [2.75, 3.05) is 20.3 Å². The third-order valence-corrected chi connectivity index (χ3v) is 2.62. The number of carbonyl (C=O) groups excluding carboxylic acids is 1. The van der Waals surface area contributed by atoms with Gasteiger partial charge in [0.2, 0.25) is 0 Å². The van der Waals surface area contributed by atoms with E-state index >= 15 is 0 Å². The van der Waals surface area contributed by atoms with Gasteiger partial charge in [0, 0.05) is 11.5 Å². The molecule has 1 aromatic rings. The minimum absolute atomic E-state index is 0.419. The molecule has 0 spiro atoms. The monoisotopic (exact) mass is 278 g/mol. The molecule has 0 aliphatic carbocycles. The van der Waals surface area contributed by atoms with Gasteiger partial charge in [-0.3, -0.25) is 4.79 Å². The summed E-state index contributed by atoms with van der Waals surface area (Å²) in [4.78, 5) is 13.9. The average molecular weight is 278 g/mol. The van der Waals surface area contributed by atoms with Gasteiger partial charge in [-0.05, 0) is 36.1 Å². The Morgan fingerprint density at radius 2 is 2.15 bits per heavy atom. The molecule has 0 amide bonds. The van der Waals surface area contributed by atoms with Crippen molar-refractivity contribution in [2.24, 2.45) is 10.8 Å². The quantitative estimate of drug-likeness (QED) is 0.257. The van der Waals surface area contributed by atoms with E-state index in [4.69, 9.17) is 16.0 Å². The van der Waals surface area contributed by atoms with E-state index in [0.717, 1.165) is 11.3 Å². The lowest BCUT2D eigenvalue weighted by Crippen LogP contribution is -2.33. The zero-order valence-corrected chi connectivity index (χ0v) is 11.4. The lowest BCUT2D eigenvalue weighted by Gasteiger charge is -2.10. The predicted molar refractivity (Wildman–Crippen MR) is 74.3 cm³/mol. The highest BCUT2D eigenvalue weighted by molar-refractivity contribution is 5.75. The number of nitrogens with two attached hydrogens (primary N) is 1. The molecule has 0 heterocycles. The van der Waals surface area contributed by atoms with Crippen LogP contribution in [0, 0.1) is 0 Å². The van der Waals surface area contributed by atoms with Gasteiger partial charge < -0.3 is 15.2 Å². The van der Waals surface area contributed by atoms with Crippen molar-refractivity contribution >= 4 is 5.97 Å². The summed E-state index contributed by atoms with van der Waals surface area (Å²) in [6.07, 6.45) is 1.09. The summed E-state index contributed by atoms with van der Waals surface area (Å²) in [5.41, 5.74) is 14.7. The first-order chi connectivity index (χ1) is 9.67. The van der Waals surface area contributed by atoms with Gasteiger partial charge in [0.1, 0.15) is 11.8 Å². The smallest absolute Gasteiger partial charge is 0.322 e. The second-order valence-electron chi connectivity index (χ2n) is 4.13. The number of esters is 1. The van der Waals surface area contributed by atoms with Gasteiger partial charge >= 0.3 is 5.97 Å². The standard InChI is InChI=1S/C13H18N4O3/c1-19-13(18)12(14)9-10-3-5-11(6-4-10)20-8-2-7-16-17-15/h3-6,12H,2,7-9,14H2,1H3. The number of rotatable bonds is 8. The Bertz CT molecular complexity index is 469. The molecule has 2 N–H and O–H groups in total. The summed E-state index contributed by atoms with van der Waals surface area (Å²) in [6.45, 7) is 0.905. The molecule has 0 saturated heterocycles. The van der Waals surface area contributed by atoms with Crippen molar-refractivity contribution < 1.29 is 14.3 Å². The fourth-order valence-corrected chi connectivity index (χ4v) is 1.58. The first-order valence-electron chi connectivity index (χ1n) is 6.23. The second kappa shape index (κ2) is 8.79. The van der Waals surface area contributed by atoms with E-state index in [9.17, 15) is 4.79 Å². The Kier molecular flexibility index (Phi) is 6.95. The number of ether oxygens (including phenoxy) is 2. The molecule has 7 heteroatoms. The van der Waals surface area contributed by atoms with Crippen LogP contribution < -0.4 is 10.5 Å². The fourth-order valence-electron chi connectivity index (χ4n) is 1.58. The molecule has 0 bridgehead atoms. The number of benzene rings is 1. The first kappa shape index (κ1) is 15.8. The Morgan fingerprint density at radius 1 is 1.45 bits per heavy atom. The maximum atomic E-state index is 11.2. The Balaban J connectivity index is 2.40. The minimum atomic E-state index is -0.657. The average Bonchev–Trinajstić information content (AvgIpc) is 2.47. The van der Waals surface area contributed by atoms with E-state index in [1.54, 1.807) is 0 Å². The summed E-state index contributed by atoms with van der Waals surface area (Å²) < 4.78 is 10.0. The van der Waals surface area contributed by atoms with Crippen molar-refractivity contribution in [1.29, 1.82) is 0 Å². The molecule has 1 rings (SSSR count). The van der Waals surface area contributed by atoms with Crippen LogP contribution in [-0.2, 0) is 16.0 Å². The van der Waals surface area contributed by atoms with Gasteiger partial charge in [-0.1, -0.05) is 17.2 Å². The molecule has 20 heavy (non-hydrogen) atoms. The van der Waals surface area contributed by atoms with E-state index in [1.165, 1.54) is 7.11 Å². The van der Waals surface area contributed by atoms with Crippen LogP contribution in [0.25, 0.3) is 10.4 Å². The van der Waals surface area contributed by atoms with Gasteiger partial charge in [0.25, 0.3) is 0 Å². The van der Waals surface area contributed by atoms with Crippen LogP contribution in [0.15, 0.2) is 29.4 Å². The molecule has 0 saturated carbocycles. The molecule has 7 nitrogen and oxygen atoms in total. The zero-order valence-electron chi connectivity index (χ0n) is 11.4. The molecule has 1 unspecified atom stereocenters. The van der Waals surface area contributed by atoms with Gasteiger partial charge in [0.05, 0.1) is 13.7 Å². The van der Waals surface area contributed by atoms with Crippen molar-refractivity contribution in [3.63, 3.8) is 0 Å². The molecule has 0 aromatic heterocycles. The van der Waals surface area contributed by atoms with E-state index in [0.29, 0.717) is 26.0 Å². The number of azide groups is 1. The largest absolute Gasteiger partial charge is 0.494 e. The van der Waals surface area contributed by atoms with E-state index in [1.807, 2.05) is 24.3 Å². The highest BCUT2D eigenvalue weighted by Crippen LogP contribution is 2.13. The van der Waals surface area contributed by atoms with Gasteiger partial charge in [-0.2, -0.15) is 0 Å². The third kappa shape index (κ3) is 5.60. The number of nitrogens with zero attached hydrogens (tertiary/aromatic N) is 3. The molecular weight excluding hydrogens is 260 g/mol. The van der Waals surface area contributed by atoms with Crippen LogP contribution in [-0.4, -0.2) is 32.3 Å². The topological polar surface area (TPSA) is 110 Å². The number of hydrogen-bond acceptors (Lipinski definition) is 5. The summed E-state index contributed by atoms with van der Waals surface area (Å²) in [7, 11) is 1.31. The molecule has 0 radical (unpaired) electrons. The van der Waals surface area contributed by atoms with Crippen LogP contribution in [0.2, 0.25) is 0 Å². The fraction of sp³-hybridized carbons (Fsp3) is 0.462. The zero-order chi connectivity index (χ0) is 14.8. The van der Waals surface area contributed by atoms with Crippen LogP contribution in [0.4, 0.5) is 0 Å². The highest BCUT2D eigenvalue weighted by atomic mass is 16.5. The molecule has 0 aliphatic rings. The summed E-state index contributed by atoms with van der Waals surface area (Å²) in [5.74, 6) is 0.296. The lowest BCUT2D eigenvalue weighted by atomic mass is 10.1. The predicted octanol–water partition coefficient (Wildman–Crippen LogP) is 1.81. The summed E-state index contributed by atoms with van der Waals surface area (Å²) in [6, 6.07) is 6.67. The van der Waals surface area contributed by atoms with Crippen LogP contribution in [0.1, 0.15) is 12.0 Å². The molecule has 0 fully saturated rings. The Hall–Kier alpha value is -2.24. The summed E-state index contributed by atoms with van der Waals surface area (Å²) >= 11 is 0. The molecular formula is C13H18N4O3. The third-order valence-electron chi connectivity index (χ3n) is 2.62. The van der Waals surface area contributed by atoms with Crippen molar-refractivity contribution in [3.05, 3.63) is 40.3 Å². The first-order valence-corrected chi connectivity index (χ1v) is 6.23. The maximum Gasteiger partial charge on any atom is 0.322 e. The highest BCUT2D eigenvalue weighted by Gasteiger charge is 2.13. The van der Waals surface area contributed by atoms with Crippen molar-refractivity contribution in [2.45, 2.75) is 18.9 Å². The van der Waals surface area contributed by atoms with Crippen molar-refractivity contribution in [3.8, 4) is 5.75 Å². The molecule has 0 aliphatic heterocycles. The summed E-state index contributed by atoms with van der Waals surface area (Å²) in [5, 5.41) is 3.42.